The summed E-state index contributed by atoms with van der Waals surface area (Å²) in [6, 6.07) is 17.2. The molecule has 0 aliphatic heterocycles. The molecular weight excluding hydrogens is 307 g/mol. The van der Waals surface area contributed by atoms with Crippen LogP contribution in [0.4, 0.5) is 10.1 Å². The molecule has 120 valence electrons. The molecule has 2 aromatic rings. The maximum atomic E-state index is 14.0. The van der Waals surface area contributed by atoms with Gasteiger partial charge in [0.15, 0.2) is 5.11 Å². The molecule has 1 aliphatic rings. The zero-order chi connectivity index (χ0) is 16.1. The normalized spacial score (nSPS) is 14.7. The van der Waals surface area contributed by atoms with Crippen molar-refractivity contribution in [2.75, 3.05) is 5.32 Å². The van der Waals surface area contributed by atoms with E-state index in [4.69, 9.17) is 12.2 Å². The predicted octanol–water partition coefficient (Wildman–Crippen LogP) is 4.97. The highest BCUT2D eigenvalue weighted by Gasteiger charge is 2.25. The topological polar surface area (TPSA) is 15.3 Å². The zero-order valence-electron chi connectivity index (χ0n) is 13.0. The van der Waals surface area contributed by atoms with Gasteiger partial charge in [0.05, 0.1) is 0 Å². The van der Waals surface area contributed by atoms with Crippen molar-refractivity contribution in [2.24, 2.45) is 0 Å². The van der Waals surface area contributed by atoms with Gasteiger partial charge in [0.1, 0.15) is 5.82 Å². The van der Waals surface area contributed by atoms with Crippen LogP contribution in [-0.4, -0.2) is 16.1 Å². The van der Waals surface area contributed by atoms with E-state index in [-0.39, 0.29) is 5.82 Å². The Kier molecular flexibility index (Phi) is 5.23. The number of benzene rings is 2. The Morgan fingerprint density at radius 3 is 2.39 bits per heavy atom. The lowest BCUT2D eigenvalue weighted by Crippen LogP contribution is -2.41. The fourth-order valence-electron chi connectivity index (χ4n) is 3.11. The van der Waals surface area contributed by atoms with Crippen LogP contribution in [0.25, 0.3) is 0 Å². The van der Waals surface area contributed by atoms with Crippen LogP contribution in [0.3, 0.4) is 0 Å². The van der Waals surface area contributed by atoms with Crippen LogP contribution in [0, 0.1) is 5.82 Å². The minimum Gasteiger partial charge on any atom is -0.342 e. The third-order valence-corrected chi connectivity index (χ3v) is 4.69. The Morgan fingerprint density at radius 1 is 1.04 bits per heavy atom. The van der Waals surface area contributed by atoms with Crippen LogP contribution >= 0.6 is 12.2 Å². The van der Waals surface area contributed by atoms with Gasteiger partial charge in [-0.05, 0) is 43.3 Å². The summed E-state index contributed by atoms with van der Waals surface area (Å²) in [6.45, 7) is 0.510. The molecule has 2 aromatic carbocycles. The van der Waals surface area contributed by atoms with E-state index in [1.165, 1.54) is 18.9 Å². The van der Waals surface area contributed by atoms with Gasteiger partial charge in [-0.15, -0.1) is 0 Å². The third-order valence-electron chi connectivity index (χ3n) is 4.35. The second kappa shape index (κ2) is 7.55. The average Bonchev–Trinajstić information content (AvgIpc) is 3.09. The minimum atomic E-state index is -0.169. The lowest BCUT2D eigenvalue weighted by atomic mass is 10.1. The highest BCUT2D eigenvalue weighted by molar-refractivity contribution is 7.80. The number of halogens is 1. The lowest BCUT2D eigenvalue weighted by Gasteiger charge is -2.32. The number of hydrogen-bond donors (Lipinski definition) is 1. The first-order valence-corrected chi connectivity index (χ1v) is 8.51. The van der Waals surface area contributed by atoms with E-state index < -0.39 is 0 Å². The van der Waals surface area contributed by atoms with Crippen molar-refractivity contribution in [1.82, 2.24) is 4.90 Å². The Hall–Kier alpha value is -1.94. The molecule has 0 amide bonds. The molecule has 0 unspecified atom stereocenters. The number of thiocarbonyl (C=S) groups is 1. The molecule has 23 heavy (non-hydrogen) atoms. The quantitative estimate of drug-likeness (QED) is 0.798. The van der Waals surface area contributed by atoms with E-state index in [2.05, 4.69) is 10.2 Å². The van der Waals surface area contributed by atoms with E-state index in [9.17, 15) is 4.39 Å². The summed E-state index contributed by atoms with van der Waals surface area (Å²) in [4.78, 5) is 2.15. The molecule has 0 radical (unpaired) electrons. The number of para-hydroxylation sites is 1. The van der Waals surface area contributed by atoms with Gasteiger partial charge in [-0.3, -0.25) is 0 Å². The lowest BCUT2D eigenvalue weighted by molar-refractivity contribution is 0.308. The largest absolute Gasteiger partial charge is 0.342 e. The van der Waals surface area contributed by atoms with Gasteiger partial charge < -0.3 is 10.2 Å². The van der Waals surface area contributed by atoms with Crippen molar-refractivity contribution in [3.8, 4) is 0 Å². The van der Waals surface area contributed by atoms with Gasteiger partial charge in [-0.2, -0.15) is 0 Å². The van der Waals surface area contributed by atoms with Crippen LogP contribution in [0.1, 0.15) is 31.2 Å². The van der Waals surface area contributed by atoms with Crippen LogP contribution in [0.15, 0.2) is 54.6 Å². The SMILES string of the molecule is Fc1ccccc1CN(C(=S)Nc1ccccc1)C1CCCC1. The smallest absolute Gasteiger partial charge is 0.173 e. The molecule has 1 saturated carbocycles. The van der Waals surface area contributed by atoms with Crippen molar-refractivity contribution >= 4 is 23.0 Å². The van der Waals surface area contributed by atoms with Crippen LogP contribution in [0.5, 0.6) is 0 Å². The molecular formula is C19H21FN2S. The van der Waals surface area contributed by atoms with E-state index in [0.717, 1.165) is 18.5 Å². The molecule has 4 heteroatoms. The maximum absolute atomic E-state index is 14.0. The summed E-state index contributed by atoms with van der Waals surface area (Å²) in [7, 11) is 0. The standard InChI is InChI=1S/C19H21FN2S/c20-18-13-7-4-8-15(18)14-22(17-11-5-6-12-17)19(23)21-16-9-2-1-3-10-16/h1-4,7-10,13,17H,5-6,11-12,14H2,(H,21,23). The van der Waals surface area contributed by atoms with Gasteiger partial charge >= 0.3 is 0 Å². The van der Waals surface area contributed by atoms with E-state index in [1.54, 1.807) is 6.07 Å². The number of nitrogens with one attached hydrogen (secondary N) is 1. The molecule has 1 N–H and O–H groups in total. The summed E-state index contributed by atoms with van der Waals surface area (Å²) in [5, 5.41) is 3.97. The minimum absolute atomic E-state index is 0.169. The summed E-state index contributed by atoms with van der Waals surface area (Å²) >= 11 is 5.63. The average molecular weight is 328 g/mol. The van der Waals surface area contributed by atoms with Crippen LogP contribution in [-0.2, 0) is 6.54 Å². The molecule has 3 rings (SSSR count). The number of rotatable bonds is 4. The summed E-state index contributed by atoms with van der Waals surface area (Å²) in [5.74, 6) is -0.169. The highest BCUT2D eigenvalue weighted by atomic mass is 32.1. The van der Waals surface area contributed by atoms with E-state index in [1.807, 2.05) is 42.5 Å². The van der Waals surface area contributed by atoms with Crippen LogP contribution in [0.2, 0.25) is 0 Å². The van der Waals surface area contributed by atoms with Gasteiger partial charge in [0.25, 0.3) is 0 Å². The first-order valence-electron chi connectivity index (χ1n) is 8.10. The Bertz CT molecular complexity index is 653. The fraction of sp³-hybridized carbons (Fsp3) is 0.316. The summed E-state index contributed by atoms with van der Waals surface area (Å²) < 4.78 is 14.0. The van der Waals surface area contributed by atoms with E-state index >= 15 is 0 Å². The molecule has 0 atom stereocenters. The Balaban J connectivity index is 1.78. The second-order valence-corrected chi connectivity index (χ2v) is 6.34. The first kappa shape index (κ1) is 15.9. The predicted molar refractivity (Wildman–Crippen MR) is 96.9 cm³/mol. The zero-order valence-corrected chi connectivity index (χ0v) is 13.9. The second-order valence-electron chi connectivity index (χ2n) is 5.95. The third kappa shape index (κ3) is 4.08. The summed E-state index contributed by atoms with van der Waals surface area (Å²) in [6.07, 6.45) is 4.66. The first-order chi connectivity index (χ1) is 11.2. The van der Waals surface area contributed by atoms with Crippen molar-refractivity contribution in [2.45, 2.75) is 38.3 Å². The number of nitrogens with zero attached hydrogens (tertiary/aromatic N) is 1. The Morgan fingerprint density at radius 2 is 1.70 bits per heavy atom. The van der Waals surface area contributed by atoms with Crippen molar-refractivity contribution < 1.29 is 4.39 Å². The van der Waals surface area contributed by atoms with Crippen molar-refractivity contribution in [3.05, 3.63) is 66.0 Å². The van der Waals surface area contributed by atoms with Crippen LogP contribution < -0.4 is 5.32 Å². The summed E-state index contributed by atoms with van der Waals surface area (Å²) in [5.41, 5.74) is 1.66. The monoisotopic (exact) mass is 328 g/mol. The van der Waals surface area contributed by atoms with Crippen molar-refractivity contribution in [1.29, 1.82) is 0 Å². The van der Waals surface area contributed by atoms with Gasteiger partial charge in [-0.1, -0.05) is 49.2 Å². The molecule has 1 aliphatic carbocycles. The Labute approximate surface area is 142 Å². The van der Waals surface area contributed by atoms with Gasteiger partial charge in [-0.25, -0.2) is 4.39 Å². The number of hydrogen-bond acceptors (Lipinski definition) is 1. The fourth-order valence-corrected chi connectivity index (χ4v) is 3.44. The molecule has 0 heterocycles. The number of anilines is 1. The molecule has 0 spiro atoms. The highest BCUT2D eigenvalue weighted by Crippen LogP contribution is 2.26. The van der Waals surface area contributed by atoms with Gasteiger partial charge in [0.2, 0.25) is 0 Å². The van der Waals surface area contributed by atoms with Crippen molar-refractivity contribution in [3.63, 3.8) is 0 Å². The molecule has 0 saturated heterocycles. The molecule has 1 fully saturated rings. The molecule has 2 nitrogen and oxygen atoms in total. The molecule has 0 aromatic heterocycles. The van der Waals surface area contributed by atoms with E-state index in [0.29, 0.717) is 23.3 Å². The van der Waals surface area contributed by atoms with Gasteiger partial charge in [0, 0.05) is 23.8 Å². The molecule has 0 bridgehead atoms. The maximum Gasteiger partial charge on any atom is 0.173 e.